The monoisotopic (exact) mass is 820 g/mol. The highest BCUT2D eigenvalue weighted by Crippen LogP contribution is 2.74. The van der Waals surface area contributed by atoms with Crippen LogP contribution in [0.15, 0.2) is 23.3 Å². The minimum atomic E-state index is -2.03. The van der Waals surface area contributed by atoms with Crippen LogP contribution >= 0.6 is 0 Å². The Balaban J connectivity index is 1.18. The molecule has 7 rings (SSSR count). The Morgan fingerprint density at radius 3 is 1.91 bits per heavy atom. The lowest BCUT2D eigenvalue weighted by atomic mass is 9.35. The first-order chi connectivity index (χ1) is 26.8. The standard InChI is InChI=1S/C42H60O16/c1-37(2)20-10-13-42(7)21(9-8-18-19-16-38(3,36(53)54)17-22(43)39(19,4)14-15-41(18,42)6)40(20,5)12-11-23(37)55-35-31(27(47)26(46)30(57-35)33(51)52)58-34-28(48)24(44)25(45)29(56-34)32(49)50/h8-9,20-21,23-31,34-35,44-48H,10-17H2,1-7H3,(H,49,50)(H,51,52)(H,53,54)/t20-,21+,23-,24-,25-,26-,27-,28+,29-,30-,31+,34-,35+,38+,39+,40-,41+,42+/m0/s1. The topological polar surface area (TPSA) is 267 Å². The molecule has 2 heterocycles. The van der Waals surface area contributed by atoms with Crippen LogP contribution in [0.4, 0.5) is 0 Å². The summed E-state index contributed by atoms with van der Waals surface area (Å²) in [6.45, 7) is 14.7. The average Bonchev–Trinajstić information content (AvgIpc) is 3.13. The van der Waals surface area contributed by atoms with Gasteiger partial charge in [-0.05, 0) is 97.9 Å². The number of carbonyl (C=O) groups is 4. The van der Waals surface area contributed by atoms with Crippen LogP contribution in [-0.2, 0) is 38.1 Å². The van der Waals surface area contributed by atoms with Crippen molar-refractivity contribution in [3.63, 3.8) is 0 Å². The maximum absolute atomic E-state index is 13.7. The molecule has 58 heavy (non-hydrogen) atoms. The largest absolute Gasteiger partial charge is 0.481 e. The van der Waals surface area contributed by atoms with E-state index < -0.39 is 102 Å². The zero-order valence-corrected chi connectivity index (χ0v) is 34.2. The molecule has 0 unspecified atom stereocenters. The molecule has 0 radical (unpaired) electrons. The summed E-state index contributed by atoms with van der Waals surface area (Å²) in [5, 5.41) is 82.9. The third kappa shape index (κ3) is 6.10. The fourth-order valence-corrected chi connectivity index (χ4v) is 12.8. The third-order valence-electron chi connectivity index (χ3n) is 16.7. The fourth-order valence-electron chi connectivity index (χ4n) is 12.8. The van der Waals surface area contributed by atoms with Gasteiger partial charge in [-0.2, -0.15) is 0 Å². The number of rotatable bonds is 7. The Morgan fingerprint density at radius 1 is 0.707 bits per heavy atom. The molecule has 5 fully saturated rings. The van der Waals surface area contributed by atoms with Crippen LogP contribution in [0.3, 0.4) is 0 Å². The van der Waals surface area contributed by atoms with E-state index in [1.54, 1.807) is 6.92 Å². The van der Waals surface area contributed by atoms with Crippen LogP contribution in [0.25, 0.3) is 0 Å². The molecule has 0 aromatic rings. The summed E-state index contributed by atoms with van der Waals surface area (Å²) < 4.78 is 23.4. The lowest BCUT2D eigenvalue weighted by Gasteiger charge is -2.69. The smallest absolute Gasteiger partial charge is 0.335 e. The summed E-state index contributed by atoms with van der Waals surface area (Å²) in [6, 6.07) is 0. The Hall–Kier alpha value is -2.80. The molecule has 2 saturated heterocycles. The number of hydrogen-bond donors (Lipinski definition) is 8. The summed E-state index contributed by atoms with van der Waals surface area (Å²) >= 11 is 0. The molecule has 8 N–H and O–H groups in total. The number of hydrogen-bond acceptors (Lipinski definition) is 13. The molecule has 324 valence electrons. The first-order valence-electron chi connectivity index (χ1n) is 20.5. The molecule has 0 spiro atoms. The second-order valence-corrected chi connectivity index (χ2v) is 20.1. The number of aliphatic hydroxyl groups excluding tert-OH is 5. The molecular formula is C42H60O16. The van der Waals surface area contributed by atoms with Gasteiger partial charge in [0.25, 0.3) is 0 Å². The summed E-state index contributed by atoms with van der Waals surface area (Å²) in [5.74, 6) is -4.09. The van der Waals surface area contributed by atoms with Gasteiger partial charge in [0, 0.05) is 11.8 Å². The fraction of sp³-hybridized carbons (Fsp3) is 0.810. The van der Waals surface area contributed by atoms with Crippen LogP contribution in [-0.4, -0.2) is 132 Å². The van der Waals surface area contributed by atoms with Gasteiger partial charge in [-0.3, -0.25) is 9.59 Å². The highest BCUT2D eigenvalue weighted by molar-refractivity contribution is 5.95. The van der Waals surface area contributed by atoms with E-state index in [-0.39, 0.29) is 40.3 Å². The second kappa shape index (κ2) is 14.1. The molecule has 0 aromatic carbocycles. The molecule has 18 atom stereocenters. The van der Waals surface area contributed by atoms with Gasteiger partial charge in [0.05, 0.1) is 11.5 Å². The molecule has 7 aliphatic rings. The van der Waals surface area contributed by atoms with Crippen molar-refractivity contribution in [2.24, 2.45) is 44.3 Å². The van der Waals surface area contributed by atoms with Crippen LogP contribution in [0.1, 0.15) is 99.8 Å². The maximum Gasteiger partial charge on any atom is 0.335 e. The number of aliphatic carboxylic acids is 3. The lowest BCUT2D eigenvalue weighted by Crippen LogP contribution is -2.67. The number of ether oxygens (including phenoxy) is 4. The SMILES string of the molecule is CC1(C)[C@@H](O[C@@H]2O[C@H](C(=O)O)[C@@H](O)[C@H](O)[C@H]2O[C@@H]2O[C@H](C(=O)O)[C@@H](O)[C@H](O)[C@H]2O)CC[C@]2(C)[C@H]3C=CC4=C5C[C@@](C)(C(=O)O)CC(=O)[C@]5(C)CC[C@@]4(C)[C@]3(C)CC[C@@H]12. The van der Waals surface area contributed by atoms with Gasteiger partial charge in [0.15, 0.2) is 24.8 Å². The van der Waals surface area contributed by atoms with Crippen LogP contribution < -0.4 is 0 Å². The van der Waals surface area contributed by atoms with Gasteiger partial charge in [0.2, 0.25) is 0 Å². The van der Waals surface area contributed by atoms with E-state index >= 15 is 0 Å². The van der Waals surface area contributed by atoms with Crippen molar-refractivity contribution < 1.29 is 79.0 Å². The number of carboxylic acid groups (broad SMARTS) is 3. The maximum atomic E-state index is 13.7. The average molecular weight is 821 g/mol. The number of allylic oxidation sites excluding steroid dienone is 4. The number of ketones is 1. The first kappa shape index (κ1) is 43.3. The normalized spacial score (nSPS) is 51.2. The van der Waals surface area contributed by atoms with E-state index in [0.29, 0.717) is 25.7 Å². The molecule has 0 bridgehead atoms. The summed E-state index contributed by atoms with van der Waals surface area (Å²) in [6.07, 6.45) is -11.0. The Bertz CT molecular complexity index is 1790. The van der Waals surface area contributed by atoms with Gasteiger partial charge in [-0.1, -0.05) is 52.3 Å². The Labute approximate surface area is 337 Å². The van der Waals surface area contributed by atoms with Gasteiger partial charge in [-0.25, -0.2) is 9.59 Å². The van der Waals surface area contributed by atoms with E-state index in [2.05, 4.69) is 46.8 Å². The highest BCUT2D eigenvalue weighted by atomic mass is 16.8. The van der Waals surface area contributed by atoms with E-state index in [0.717, 1.165) is 30.4 Å². The number of carboxylic acids is 3. The van der Waals surface area contributed by atoms with Crippen molar-refractivity contribution in [2.75, 3.05) is 0 Å². The minimum absolute atomic E-state index is 0.0119. The van der Waals surface area contributed by atoms with Gasteiger partial charge in [0.1, 0.15) is 42.4 Å². The van der Waals surface area contributed by atoms with Crippen molar-refractivity contribution in [1.29, 1.82) is 0 Å². The number of Topliss-reactive ketones (excluding diaryl/α,β-unsaturated/α-hetero) is 1. The molecule has 0 amide bonds. The van der Waals surface area contributed by atoms with Crippen molar-refractivity contribution in [3.8, 4) is 0 Å². The predicted octanol–water partition coefficient (Wildman–Crippen LogP) is 2.17. The number of aliphatic hydroxyl groups is 5. The molecule has 2 aliphatic heterocycles. The molecule has 16 nitrogen and oxygen atoms in total. The van der Waals surface area contributed by atoms with Crippen molar-refractivity contribution >= 4 is 23.7 Å². The zero-order chi connectivity index (χ0) is 42.9. The molecule has 5 aliphatic carbocycles. The van der Waals surface area contributed by atoms with Gasteiger partial charge < -0.3 is 59.8 Å². The molecule has 16 heteroatoms. The summed E-state index contributed by atoms with van der Waals surface area (Å²) in [4.78, 5) is 50.1. The van der Waals surface area contributed by atoms with Gasteiger partial charge in [-0.15, -0.1) is 0 Å². The van der Waals surface area contributed by atoms with Crippen LogP contribution in [0, 0.1) is 44.3 Å². The van der Waals surface area contributed by atoms with Crippen molar-refractivity contribution in [3.05, 3.63) is 23.3 Å². The highest BCUT2D eigenvalue weighted by Gasteiger charge is 2.68. The van der Waals surface area contributed by atoms with Crippen LogP contribution in [0.5, 0.6) is 0 Å². The van der Waals surface area contributed by atoms with E-state index in [1.165, 1.54) is 0 Å². The first-order valence-corrected chi connectivity index (χ1v) is 20.5. The summed E-state index contributed by atoms with van der Waals surface area (Å²) in [5.41, 5.74) is -1.27. The third-order valence-corrected chi connectivity index (χ3v) is 16.7. The van der Waals surface area contributed by atoms with E-state index in [4.69, 9.17) is 18.9 Å². The second-order valence-electron chi connectivity index (χ2n) is 20.1. The molecule has 0 aromatic heterocycles. The summed E-state index contributed by atoms with van der Waals surface area (Å²) in [7, 11) is 0. The lowest BCUT2D eigenvalue weighted by molar-refractivity contribution is -0.371. The number of carbonyl (C=O) groups excluding carboxylic acids is 1. The van der Waals surface area contributed by atoms with E-state index in [9.17, 15) is 60.0 Å². The van der Waals surface area contributed by atoms with E-state index in [1.807, 2.05) is 6.92 Å². The Kier molecular flexibility index (Phi) is 10.5. The minimum Gasteiger partial charge on any atom is -0.481 e. The number of fused-ring (bicyclic) bond motifs is 6. The quantitative estimate of drug-likeness (QED) is 0.171. The Morgan fingerprint density at radius 2 is 1.31 bits per heavy atom. The molecular weight excluding hydrogens is 760 g/mol. The van der Waals surface area contributed by atoms with Crippen molar-refractivity contribution in [1.82, 2.24) is 0 Å². The van der Waals surface area contributed by atoms with Crippen molar-refractivity contribution in [2.45, 2.75) is 167 Å². The van der Waals surface area contributed by atoms with Crippen LogP contribution in [0.2, 0.25) is 0 Å². The zero-order valence-electron chi connectivity index (χ0n) is 34.2. The molecule has 3 saturated carbocycles. The predicted molar refractivity (Wildman–Crippen MR) is 199 cm³/mol. The van der Waals surface area contributed by atoms with Gasteiger partial charge >= 0.3 is 17.9 Å².